The van der Waals surface area contributed by atoms with E-state index in [1.807, 2.05) is 24.3 Å². The molecule has 2 aromatic rings. The van der Waals surface area contributed by atoms with Gasteiger partial charge in [-0.3, -0.25) is 4.79 Å². The van der Waals surface area contributed by atoms with Gasteiger partial charge < -0.3 is 0 Å². The van der Waals surface area contributed by atoms with Crippen LogP contribution in [0.3, 0.4) is 0 Å². The topological polar surface area (TPSA) is 42.9 Å². The van der Waals surface area contributed by atoms with Crippen molar-refractivity contribution in [3.05, 3.63) is 59.7 Å². The fourth-order valence-corrected chi connectivity index (χ4v) is 1.90. The predicted molar refractivity (Wildman–Crippen MR) is 75.2 cm³/mol. The first-order valence-electron chi connectivity index (χ1n) is 6.59. The summed E-state index contributed by atoms with van der Waals surface area (Å²) in [5, 5.41) is 0. The zero-order valence-electron chi connectivity index (χ0n) is 11.3. The van der Waals surface area contributed by atoms with Crippen LogP contribution in [0.4, 0.5) is 0 Å². The monoisotopic (exact) mass is 254 g/mol. The molecule has 1 aromatic carbocycles. The molecule has 19 heavy (non-hydrogen) atoms. The Labute approximate surface area is 113 Å². The molecule has 0 aliphatic heterocycles. The molecule has 0 spiro atoms. The van der Waals surface area contributed by atoms with Gasteiger partial charge in [0.25, 0.3) is 0 Å². The molecule has 1 heterocycles. The van der Waals surface area contributed by atoms with E-state index in [0.29, 0.717) is 11.7 Å². The molecule has 0 N–H and O–H groups in total. The molecule has 3 nitrogen and oxygen atoms in total. The van der Waals surface area contributed by atoms with Gasteiger partial charge in [-0.25, -0.2) is 9.97 Å². The molecule has 0 aliphatic rings. The van der Waals surface area contributed by atoms with Crippen LogP contribution >= 0.6 is 0 Å². The van der Waals surface area contributed by atoms with E-state index >= 15 is 0 Å². The largest absolute Gasteiger partial charge is 0.294 e. The van der Waals surface area contributed by atoms with Crippen LogP contribution in [0.1, 0.15) is 47.9 Å². The number of benzene rings is 1. The third-order valence-corrected chi connectivity index (χ3v) is 3.35. The summed E-state index contributed by atoms with van der Waals surface area (Å²) in [6.07, 6.45) is 4.66. The quantitative estimate of drug-likeness (QED) is 0.768. The molecule has 1 atom stereocenters. The Morgan fingerprint density at radius 1 is 1.16 bits per heavy atom. The Hall–Kier alpha value is -2.03. The van der Waals surface area contributed by atoms with E-state index in [2.05, 4.69) is 23.8 Å². The van der Waals surface area contributed by atoms with Gasteiger partial charge in [-0.1, -0.05) is 38.1 Å². The molecule has 0 aliphatic carbocycles. The van der Waals surface area contributed by atoms with E-state index in [9.17, 15) is 4.79 Å². The van der Waals surface area contributed by atoms with Crippen LogP contribution in [0, 0.1) is 0 Å². The van der Waals surface area contributed by atoms with Gasteiger partial charge >= 0.3 is 0 Å². The summed E-state index contributed by atoms with van der Waals surface area (Å²) in [6.45, 7) is 4.35. The number of nitrogens with zero attached hydrogens (tertiary/aromatic N) is 2. The second-order valence-electron chi connectivity index (χ2n) is 4.70. The lowest BCUT2D eigenvalue weighted by Gasteiger charge is -2.09. The van der Waals surface area contributed by atoms with Crippen LogP contribution in [0.15, 0.2) is 42.7 Å². The average Bonchev–Trinajstić information content (AvgIpc) is 2.47. The first-order chi connectivity index (χ1) is 9.20. The fourth-order valence-electron chi connectivity index (χ4n) is 1.90. The molecule has 0 fully saturated rings. The number of carbonyl (C=O) groups is 1. The van der Waals surface area contributed by atoms with Crippen LogP contribution in [-0.2, 0) is 6.42 Å². The van der Waals surface area contributed by atoms with Gasteiger partial charge in [0.05, 0.1) is 6.42 Å². The molecule has 1 unspecified atom stereocenters. The first kappa shape index (κ1) is 13.4. The van der Waals surface area contributed by atoms with Crippen LogP contribution < -0.4 is 0 Å². The summed E-state index contributed by atoms with van der Waals surface area (Å²) in [7, 11) is 0. The van der Waals surface area contributed by atoms with E-state index in [1.54, 1.807) is 18.5 Å². The van der Waals surface area contributed by atoms with Crippen LogP contribution in [0.2, 0.25) is 0 Å². The maximum absolute atomic E-state index is 12.1. The van der Waals surface area contributed by atoms with Crippen LogP contribution in [0.5, 0.6) is 0 Å². The Bertz CT molecular complexity index is 534. The van der Waals surface area contributed by atoms with Crippen molar-refractivity contribution in [2.75, 3.05) is 0 Å². The van der Waals surface area contributed by atoms with E-state index in [0.717, 1.165) is 12.0 Å². The number of ketones is 1. The summed E-state index contributed by atoms with van der Waals surface area (Å²) < 4.78 is 0. The summed E-state index contributed by atoms with van der Waals surface area (Å²) in [5.74, 6) is 1.15. The van der Waals surface area contributed by atoms with Gasteiger partial charge in [-0.15, -0.1) is 0 Å². The second kappa shape index (κ2) is 6.23. The maximum atomic E-state index is 12.1. The molecule has 0 bridgehead atoms. The van der Waals surface area contributed by atoms with E-state index in [4.69, 9.17) is 0 Å². The third kappa shape index (κ3) is 3.47. The zero-order valence-corrected chi connectivity index (χ0v) is 11.3. The standard InChI is InChI=1S/C16H18N2O/c1-3-12(2)13-5-7-14(8-6-13)15(19)11-16-17-9-4-10-18-16/h4-10,12H,3,11H2,1-2H3. The number of Topliss-reactive ketones (excluding diaryl/α,β-unsaturated/α-hetero) is 1. The lowest BCUT2D eigenvalue weighted by atomic mass is 9.96. The third-order valence-electron chi connectivity index (χ3n) is 3.35. The van der Waals surface area contributed by atoms with Gasteiger partial charge in [0.2, 0.25) is 0 Å². The smallest absolute Gasteiger partial charge is 0.170 e. The highest BCUT2D eigenvalue weighted by atomic mass is 16.1. The number of hydrogen-bond donors (Lipinski definition) is 0. The summed E-state index contributed by atoms with van der Waals surface area (Å²) >= 11 is 0. The minimum atomic E-state index is 0.0573. The van der Waals surface area contributed by atoms with E-state index in [1.165, 1.54) is 5.56 Å². The second-order valence-corrected chi connectivity index (χ2v) is 4.70. The molecule has 3 heteroatoms. The summed E-state index contributed by atoms with van der Waals surface area (Å²) in [4.78, 5) is 20.2. The lowest BCUT2D eigenvalue weighted by Crippen LogP contribution is -2.06. The SMILES string of the molecule is CCC(C)c1ccc(C(=O)Cc2ncccn2)cc1. The number of carbonyl (C=O) groups excluding carboxylic acids is 1. The Balaban J connectivity index is 2.08. The highest BCUT2D eigenvalue weighted by Gasteiger charge is 2.09. The molecule has 1 aromatic heterocycles. The van der Waals surface area contributed by atoms with Crippen molar-refractivity contribution in [1.82, 2.24) is 9.97 Å². The van der Waals surface area contributed by atoms with E-state index < -0.39 is 0 Å². The number of rotatable bonds is 5. The van der Waals surface area contributed by atoms with Crippen LogP contribution in [-0.4, -0.2) is 15.8 Å². The molecule has 98 valence electrons. The van der Waals surface area contributed by atoms with Gasteiger partial charge in [0, 0.05) is 18.0 Å². The molecular formula is C16H18N2O. The number of hydrogen-bond acceptors (Lipinski definition) is 3. The Morgan fingerprint density at radius 3 is 2.37 bits per heavy atom. The highest BCUT2D eigenvalue weighted by molar-refractivity contribution is 5.97. The lowest BCUT2D eigenvalue weighted by molar-refractivity contribution is 0.0991. The van der Waals surface area contributed by atoms with Crippen molar-refractivity contribution in [2.45, 2.75) is 32.6 Å². The molecular weight excluding hydrogens is 236 g/mol. The molecule has 0 saturated heterocycles. The molecule has 0 amide bonds. The molecule has 0 saturated carbocycles. The molecule has 2 rings (SSSR count). The summed E-state index contributed by atoms with van der Waals surface area (Å²) in [5.41, 5.74) is 1.99. The normalized spacial score (nSPS) is 12.1. The fraction of sp³-hybridized carbons (Fsp3) is 0.312. The van der Waals surface area contributed by atoms with E-state index in [-0.39, 0.29) is 12.2 Å². The average molecular weight is 254 g/mol. The predicted octanol–water partition coefficient (Wildman–Crippen LogP) is 3.42. The number of aromatic nitrogens is 2. The Morgan fingerprint density at radius 2 is 1.79 bits per heavy atom. The van der Waals surface area contributed by atoms with Crippen LogP contribution in [0.25, 0.3) is 0 Å². The van der Waals surface area contributed by atoms with Gasteiger partial charge in [0.1, 0.15) is 5.82 Å². The molecule has 0 radical (unpaired) electrons. The maximum Gasteiger partial charge on any atom is 0.170 e. The highest BCUT2D eigenvalue weighted by Crippen LogP contribution is 2.19. The van der Waals surface area contributed by atoms with Gasteiger partial charge in [-0.2, -0.15) is 0 Å². The Kier molecular flexibility index (Phi) is 4.39. The van der Waals surface area contributed by atoms with Crippen molar-refractivity contribution in [3.63, 3.8) is 0 Å². The van der Waals surface area contributed by atoms with Gasteiger partial charge in [0.15, 0.2) is 5.78 Å². The van der Waals surface area contributed by atoms with Crippen molar-refractivity contribution in [2.24, 2.45) is 0 Å². The van der Waals surface area contributed by atoms with Crippen molar-refractivity contribution in [1.29, 1.82) is 0 Å². The van der Waals surface area contributed by atoms with Crippen molar-refractivity contribution < 1.29 is 4.79 Å². The summed E-state index contributed by atoms with van der Waals surface area (Å²) in [6, 6.07) is 9.61. The first-order valence-corrected chi connectivity index (χ1v) is 6.59. The zero-order chi connectivity index (χ0) is 13.7. The van der Waals surface area contributed by atoms with Gasteiger partial charge in [-0.05, 0) is 24.0 Å². The van der Waals surface area contributed by atoms with Crippen molar-refractivity contribution >= 4 is 5.78 Å². The minimum absolute atomic E-state index is 0.0573. The minimum Gasteiger partial charge on any atom is -0.294 e. The van der Waals surface area contributed by atoms with Crippen molar-refractivity contribution in [3.8, 4) is 0 Å².